The first-order valence-electron chi connectivity index (χ1n) is 6.36. The van der Waals surface area contributed by atoms with Gasteiger partial charge >= 0.3 is 0 Å². The van der Waals surface area contributed by atoms with Crippen molar-refractivity contribution in [2.24, 2.45) is 5.84 Å². The van der Waals surface area contributed by atoms with E-state index in [1.807, 2.05) is 25.1 Å². The Balaban J connectivity index is 1.85. The molecule has 18 heavy (non-hydrogen) atoms. The highest BCUT2D eigenvalue weighted by Crippen LogP contribution is 2.21. The van der Waals surface area contributed by atoms with Crippen LogP contribution >= 0.6 is 0 Å². The van der Waals surface area contributed by atoms with E-state index in [9.17, 15) is 0 Å². The van der Waals surface area contributed by atoms with E-state index in [1.54, 1.807) is 0 Å². The Labute approximate surface area is 108 Å². The summed E-state index contributed by atoms with van der Waals surface area (Å²) in [4.78, 5) is 0. The minimum Gasteiger partial charge on any atom is -0.465 e. The maximum Gasteiger partial charge on any atom is 0.122 e. The number of hydrogen-bond donors (Lipinski definition) is 2. The third kappa shape index (κ3) is 3.45. The van der Waals surface area contributed by atoms with Gasteiger partial charge in [-0.15, -0.1) is 0 Å². The molecule has 3 N–H and O–H groups in total. The predicted octanol–water partition coefficient (Wildman–Crippen LogP) is 3.12. The summed E-state index contributed by atoms with van der Waals surface area (Å²) in [6, 6.07) is 14.6. The minimum absolute atomic E-state index is 0.0995. The van der Waals surface area contributed by atoms with E-state index < -0.39 is 0 Å². The summed E-state index contributed by atoms with van der Waals surface area (Å²) in [6.07, 6.45) is 3.12. The number of benzene rings is 1. The monoisotopic (exact) mass is 244 g/mol. The number of nitrogens with two attached hydrogens (primary N) is 1. The van der Waals surface area contributed by atoms with Crippen molar-refractivity contribution in [2.75, 3.05) is 0 Å². The van der Waals surface area contributed by atoms with Crippen molar-refractivity contribution in [2.45, 2.75) is 32.2 Å². The lowest BCUT2D eigenvalue weighted by molar-refractivity contribution is 0.384. The van der Waals surface area contributed by atoms with Crippen LogP contribution in [0.3, 0.4) is 0 Å². The lowest BCUT2D eigenvalue weighted by Gasteiger charge is -2.13. The zero-order chi connectivity index (χ0) is 12.8. The van der Waals surface area contributed by atoms with Crippen molar-refractivity contribution in [3.8, 4) is 0 Å². The normalized spacial score (nSPS) is 12.6. The Morgan fingerprint density at radius 1 is 1.17 bits per heavy atom. The van der Waals surface area contributed by atoms with Crippen molar-refractivity contribution >= 4 is 0 Å². The third-order valence-corrected chi connectivity index (χ3v) is 3.11. The van der Waals surface area contributed by atoms with Gasteiger partial charge in [-0.2, -0.15) is 0 Å². The number of furan rings is 1. The molecule has 0 aliphatic carbocycles. The maximum absolute atomic E-state index is 5.60. The molecule has 1 atom stereocenters. The van der Waals surface area contributed by atoms with E-state index in [4.69, 9.17) is 10.3 Å². The molecule has 0 aliphatic rings. The fraction of sp³-hybridized carbons (Fsp3) is 0.333. The van der Waals surface area contributed by atoms with E-state index >= 15 is 0 Å². The number of nitrogens with one attached hydrogen (secondary N) is 1. The molecule has 0 saturated heterocycles. The fourth-order valence-corrected chi connectivity index (χ4v) is 2.10. The summed E-state index contributed by atoms with van der Waals surface area (Å²) in [5, 5.41) is 0. The van der Waals surface area contributed by atoms with Gasteiger partial charge in [0.1, 0.15) is 11.5 Å². The van der Waals surface area contributed by atoms with Crippen LogP contribution in [0.15, 0.2) is 46.9 Å². The van der Waals surface area contributed by atoms with Crippen LogP contribution in [0.25, 0.3) is 0 Å². The van der Waals surface area contributed by atoms with E-state index in [0.717, 1.165) is 30.8 Å². The highest BCUT2D eigenvalue weighted by atomic mass is 16.3. The Morgan fingerprint density at radius 3 is 2.56 bits per heavy atom. The van der Waals surface area contributed by atoms with Gasteiger partial charge in [-0.1, -0.05) is 30.3 Å². The van der Waals surface area contributed by atoms with E-state index in [-0.39, 0.29) is 6.04 Å². The third-order valence-electron chi connectivity index (χ3n) is 3.11. The second-order valence-electron chi connectivity index (χ2n) is 4.55. The fourth-order valence-electron chi connectivity index (χ4n) is 2.10. The van der Waals surface area contributed by atoms with Gasteiger partial charge in [-0.3, -0.25) is 5.84 Å². The highest BCUT2D eigenvalue weighted by Gasteiger charge is 2.12. The Hall–Kier alpha value is -1.58. The molecule has 0 spiro atoms. The zero-order valence-corrected chi connectivity index (χ0v) is 10.7. The molecule has 1 aromatic carbocycles. The van der Waals surface area contributed by atoms with E-state index in [2.05, 4.69) is 29.7 Å². The molecular weight excluding hydrogens is 224 g/mol. The predicted molar refractivity (Wildman–Crippen MR) is 72.9 cm³/mol. The Bertz CT molecular complexity index is 464. The number of rotatable bonds is 6. The molecule has 96 valence electrons. The zero-order valence-electron chi connectivity index (χ0n) is 10.7. The van der Waals surface area contributed by atoms with Crippen LogP contribution in [0, 0.1) is 6.92 Å². The van der Waals surface area contributed by atoms with Crippen molar-refractivity contribution in [3.63, 3.8) is 0 Å². The highest BCUT2D eigenvalue weighted by molar-refractivity contribution is 5.15. The van der Waals surface area contributed by atoms with Crippen LogP contribution in [0.5, 0.6) is 0 Å². The van der Waals surface area contributed by atoms with Gasteiger partial charge in [0.15, 0.2) is 0 Å². The Kier molecular flexibility index (Phi) is 4.56. The molecular formula is C15H20N2O. The lowest BCUT2D eigenvalue weighted by Crippen LogP contribution is -2.27. The molecule has 1 unspecified atom stereocenters. The number of hydrazine groups is 1. The minimum atomic E-state index is 0.0995. The summed E-state index contributed by atoms with van der Waals surface area (Å²) < 4.78 is 5.60. The summed E-state index contributed by atoms with van der Waals surface area (Å²) in [6.45, 7) is 1.95. The van der Waals surface area contributed by atoms with Gasteiger partial charge in [0, 0.05) is 0 Å². The van der Waals surface area contributed by atoms with Gasteiger partial charge in [0.25, 0.3) is 0 Å². The van der Waals surface area contributed by atoms with Crippen LogP contribution in [-0.2, 0) is 6.42 Å². The first-order valence-corrected chi connectivity index (χ1v) is 6.36. The summed E-state index contributed by atoms with van der Waals surface area (Å²) in [7, 11) is 0. The van der Waals surface area contributed by atoms with Gasteiger partial charge in [0.2, 0.25) is 0 Å². The molecule has 0 aliphatic heterocycles. The first kappa shape index (κ1) is 12.9. The topological polar surface area (TPSA) is 51.2 Å². The molecule has 0 saturated carbocycles. The average Bonchev–Trinajstić information content (AvgIpc) is 2.82. The SMILES string of the molecule is Cc1ccc(C(CCCc2ccccc2)NN)o1. The molecule has 1 heterocycles. The van der Waals surface area contributed by atoms with Gasteiger partial charge < -0.3 is 4.42 Å². The average molecular weight is 244 g/mol. The first-order chi connectivity index (χ1) is 8.79. The van der Waals surface area contributed by atoms with E-state index in [0.29, 0.717) is 0 Å². The standard InChI is InChI=1S/C15H20N2O/c1-12-10-11-15(18-12)14(17-16)9-5-8-13-6-3-2-4-7-13/h2-4,6-7,10-11,14,17H,5,8-9,16H2,1H3. The van der Waals surface area contributed by atoms with Gasteiger partial charge in [-0.05, 0) is 43.9 Å². The molecule has 3 nitrogen and oxygen atoms in total. The van der Waals surface area contributed by atoms with Gasteiger partial charge in [0.05, 0.1) is 6.04 Å². The van der Waals surface area contributed by atoms with Crippen molar-refractivity contribution in [1.29, 1.82) is 0 Å². The van der Waals surface area contributed by atoms with Crippen LogP contribution in [-0.4, -0.2) is 0 Å². The molecule has 0 bridgehead atoms. The smallest absolute Gasteiger partial charge is 0.122 e. The van der Waals surface area contributed by atoms with Crippen LogP contribution in [0.4, 0.5) is 0 Å². The second kappa shape index (κ2) is 6.38. The molecule has 3 heteroatoms. The van der Waals surface area contributed by atoms with Crippen molar-refractivity contribution in [3.05, 3.63) is 59.5 Å². The second-order valence-corrected chi connectivity index (χ2v) is 4.55. The quantitative estimate of drug-likeness (QED) is 0.606. The largest absolute Gasteiger partial charge is 0.465 e. The number of aryl methyl sites for hydroxylation is 2. The van der Waals surface area contributed by atoms with E-state index in [1.165, 1.54) is 5.56 Å². The van der Waals surface area contributed by atoms with Crippen LogP contribution < -0.4 is 11.3 Å². The molecule has 1 aromatic heterocycles. The molecule has 0 radical (unpaired) electrons. The summed E-state index contributed by atoms with van der Waals surface area (Å²) in [5.74, 6) is 7.43. The maximum atomic E-state index is 5.60. The van der Waals surface area contributed by atoms with Crippen LogP contribution in [0.2, 0.25) is 0 Å². The molecule has 2 aromatic rings. The van der Waals surface area contributed by atoms with Crippen molar-refractivity contribution < 1.29 is 4.42 Å². The summed E-state index contributed by atoms with van der Waals surface area (Å²) in [5.41, 5.74) is 4.19. The summed E-state index contributed by atoms with van der Waals surface area (Å²) >= 11 is 0. The molecule has 2 rings (SSSR count). The lowest BCUT2D eigenvalue weighted by atomic mass is 10.0. The van der Waals surface area contributed by atoms with Gasteiger partial charge in [-0.25, -0.2) is 5.43 Å². The van der Waals surface area contributed by atoms with Crippen molar-refractivity contribution in [1.82, 2.24) is 5.43 Å². The Morgan fingerprint density at radius 2 is 1.94 bits per heavy atom. The number of hydrogen-bond acceptors (Lipinski definition) is 3. The van der Waals surface area contributed by atoms with Crippen LogP contribution in [0.1, 0.15) is 36.0 Å². The molecule has 0 amide bonds. The molecule has 0 fully saturated rings.